The van der Waals surface area contributed by atoms with Crippen molar-refractivity contribution in [1.29, 1.82) is 0 Å². The largest absolute Gasteiger partial charge is 0.493 e. The summed E-state index contributed by atoms with van der Waals surface area (Å²) in [7, 11) is 0. The van der Waals surface area contributed by atoms with E-state index in [1.807, 2.05) is 30.3 Å². The number of hydrogen-bond acceptors (Lipinski definition) is 11. The van der Waals surface area contributed by atoms with Crippen LogP contribution >= 0.6 is 0 Å². The predicted molar refractivity (Wildman–Crippen MR) is 237 cm³/mol. The third kappa shape index (κ3) is 15.7. The van der Waals surface area contributed by atoms with Crippen LogP contribution in [0.2, 0.25) is 0 Å². The second kappa shape index (κ2) is 24.1. The fourth-order valence-electron chi connectivity index (χ4n) is 7.45. The molecule has 0 saturated heterocycles. The van der Waals surface area contributed by atoms with Gasteiger partial charge in [0, 0.05) is 16.7 Å². The summed E-state index contributed by atoms with van der Waals surface area (Å²) in [6, 6.07) is 17.9. The molecule has 0 atom stereocenters. The fourth-order valence-corrected chi connectivity index (χ4v) is 7.45. The van der Waals surface area contributed by atoms with E-state index in [0.717, 1.165) is 29.9 Å². The summed E-state index contributed by atoms with van der Waals surface area (Å²) < 4.78 is 43.8. The van der Waals surface area contributed by atoms with Crippen LogP contribution in [0.15, 0.2) is 85.0 Å². The monoisotopic (exact) mass is 868 g/mol. The normalized spacial score (nSPS) is 14.8. The fraction of sp³-hybridized carbons (Fsp3) is 0.451. The number of rotatable bonds is 24. The summed E-state index contributed by atoms with van der Waals surface area (Å²) in [4.78, 5) is 73.0. The Hall–Kier alpha value is -5.91. The molecule has 0 unspecified atom stereocenters. The molecule has 63 heavy (non-hydrogen) atoms. The van der Waals surface area contributed by atoms with Gasteiger partial charge >= 0.3 is 23.9 Å². The van der Waals surface area contributed by atoms with E-state index >= 15 is 4.39 Å². The van der Waals surface area contributed by atoms with Gasteiger partial charge in [-0.05, 0) is 117 Å². The van der Waals surface area contributed by atoms with Gasteiger partial charge in [-0.3, -0.25) is 19.2 Å². The molecule has 11 nitrogen and oxygen atoms in total. The zero-order valence-corrected chi connectivity index (χ0v) is 37.3. The Kier molecular flexibility index (Phi) is 19.0. The van der Waals surface area contributed by atoms with Crippen LogP contribution in [0.4, 0.5) is 4.39 Å². The van der Waals surface area contributed by atoms with Crippen molar-refractivity contribution in [3.63, 3.8) is 0 Å². The lowest BCUT2D eigenvalue weighted by atomic mass is 9.77. The highest BCUT2D eigenvalue weighted by Crippen LogP contribution is 2.40. The molecule has 1 fully saturated rings. The maximum atomic E-state index is 15.9. The average molecular weight is 869 g/mol. The van der Waals surface area contributed by atoms with E-state index < -0.39 is 73.5 Å². The SMILES string of the molecule is C=C(C)C(=O)OCc1cc(-c2ccc(C3CCC(CCCCC)CC3)cc2F)ccc1-c1ccc(OCC(COC(=O)CC(C)=O)(COC(=O)CC(C)=O)COC(=O)C(=C)C)cc1. The molecule has 0 spiro atoms. The second-order valence-electron chi connectivity index (χ2n) is 16.9. The lowest BCUT2D eigenvalue weighted by Crippen LogP contribution is -2.44. The standard InChI is InChI=1S/C51H61FO11/c1-8-9-10-11-37-12-14-38(15-13-37)40-18-23-45(46(52)27-40)41-19-22-44(42(26-41)28-59-49(57)33(2)3)39-16-20-43(21-17-39)60-29-51(32-63-50(58)34(4)5,30-61-47(55)24-35(6)53)31-62-48(56)25-36(7)54/h16-23,26-27,37-38H,2,4,8-15,24-25,28-32H2,1,3,5-7H3. The van der Waals surface area contributed by atoms with Crippen molar-refractivity contribution in [1.82, 2.24) is 0 Å². The highest BCUT2D eigenvalue weighted by molar-refractivity contribution is 5.94. The molecule has 0 radical (unpaired) electrons. The Balaban J connectivity index is 1.59. The van der Waals surface area contributed by atoms with Crippen molar-refractivity contribution in [2.24, 2.45) is 11.3 Å². The molecule has 1 saturated carbocycles. The zero-order chi connectivity index (χ0) is 46.1. The predicted octanol–water partition coefficient (Wildman–Crippen LogP) is 10.2. The Bertz CT molecular complexity index is 2100. The number of ether oxygens (including phenoxy) is 5. The van der Waals surface area contributed by atoms with Crippen LogP contribution in [0.5, 0.6) is 5.75 Å². The molecule has 3 aromatic rings. The number of benzene rings is 3. The molecule has 0 bridgehead atoms. The summed E-state index contributed by atoms with van der Waals surface area (Å²) in [5, 5.41) is 0. The Labute approximate surface area is 370 Å². The third-order valence-corrected chi connectivity index (χ3v) is 11.1. The molecular weight excluding hydrogens is 808 g/mol. The maximum absolute atomic E-state index is 15.9. The van der Waals surface area contributed by atoms with E-state index in [0.29, 0.717) is 33.9 Å². The minimum absolute atomic E-state index is 0.0908. The van der Waals surface area contributed by atoms with Crippen LogP contribution in [-0.2, 0) is 54.3 Å². The van der Waals surface area contributed by atoms with E-state index in [2.05, 4.69) is 20.1 Å². The van der Waals surface area contributed by atoms with E-state index in [9.17, 15) is 28.8 Å². The molecule has 0 amide bonds. The van der Waals surface area contributed by atoms with E-state index in [-0.39, 0.29) is 30.2 Å². The van der Waals surface area contributed by atoms with Crippen LogP contribution in [0.1, 0.15) is 116 Å². The summed E-state index contributed by atoms with van der Waals surface area (Å²) >= 11 is 0. The number of Topliss-reactive ketones (excluding diaryl/α,β-unsaturated/α-hetero) is 2. The van der Waals surface area contributed by atoms with Crippen LogP contribution in [0, 0.1) is 17.2 Å². The molecule has 0 aromatic heterocycles. The van der Waals surface area contributed by atoms with Gasteiger partial charge in [0.1, 0.15) is 74.4 Å². The van der Waals surface area contributed by atoms with Gasteiger partial charge in [-0.2, -0.15) is 0 Å². The Morgan fingerprint density at radius 3 is 1.76 bits per heavy atom. The first-order chi connectivity index (χ1) is 30.0. The number of halogens is 1. The van der Waals surface area contributed by atoms with Gasteiger partial charge in [0.2, 0.25) is 0 Å². The van der Waals surface area contributed by atoms with Gasteiger partial charge in [0.25, 0.3) is 0 Å². The van der Waals surface area contributed by atoms with Crippen LogP contribution in [0.3, 0.4) is 0 Å². The quantitative estimate of drug-likeness (QED) is 0.0278. The molecule has 3 aromatic carbocycles. The second-order valence-corrected chi connectivity index (χ2v) is 16.9. The minimum Gasteiger partial charge on any atom is -0.493 e. The van der Waals surface area contributed by atoms with Crippen molar-refractivity contribution in [3.8, 4) is 28.0 Å². The lowest BCUT2D eigenvalue weighted by molar-refractivity contribution is -0.163. The molecule has 0 heterocycles. The molecule has 1 aliphatic carbocycles. The maximum Gasteiger partial charge on any atom is 0.333 e. The van der Waals surface area contributed by atoms with Gasteiger partial charge in [-0.15, -0.1) is 0 Å². The van der Waals surface area contributed by atoms with Crippen LogP contribution < -0.4 is 4.74 Å². The number of carbonyl (C=O) groups is 6. The number of unbranched alkanes of at least 4 members (excludes halogenated alkanes) is 2. The van der Waals surface area contributed by atoms with Crippen LogP contribution in [0.25, 0.3) is 22.3 Å². The average Bonchev–Trinajstić information content (AvgIpc) is 3.24. The van der Waals surface area contributed by atoms with Gasteiger partial charge in [0.15, 0.2) is 0 Å². The van der Waals surface area contributed by atoms with Crippen molar-refractivity contribution >= 4 is 35.4 Å². The first-order valence-electron chi connectivity index (χ1n) is 21.6. The summed E-state index contributed by atoms with van der Waals surface area (Å²) in [6.07, 6.45) is 8.50. The number of esters is 4. The highest BCUT2D eigenvalue weighted by atomic mass is 19.1. The smallest absolute Gasteiger partial charge is 0.333 e. The molecule has 0 aliphatic heterocycles. The summed E-state index contributed by atoms with van der Waals surface area (Å²) in [6.45, 7) is 13.1. The number of carbonyl (C=O) groups excluding carboxylic acids is 6. The molecule has 338 valence electrons. The molecule has 0 N–H and O–H groups in total. The zero-order valence-electron chi connectivity index (χ0n) is 37.3. The van der Waals surface area contributed by atoms with Gasteiger partial charge in [0.05, 0.1) is 0 Å². The van der Waals surface area contributed by atoms with E-state index in [1.165, 1.54) is 59.3 Å². The molecule has 4 rings (SSSR count). The molecule has 1 aliphatic rings. The highest BCUT2D eigenvalue weighted by Gasteiger charge is 2.38. The van der Waals surface area contributed by atoms with Crippen molar-refractivity contribution in [2.75, 3.05) is 26.4 Å². The molecular formula is C51H61FO11. The van der Waals surface area contributed by atoms with Crippen LogP contribution in [-0.4, -0.2) is 61.9 Å². The topological polar surface area (TPSA) is 149 Å². The van der Waals surface area contributed by atoms with Crippen molar-refractivity contribution in [2.45, 2.75) is 111 Å². The summed E-state index contributed by atoms with van der Waals surface area (Å²) in [5.74, 6) is -2.78. The number of ketones is 2. The lowest BCUT2D eigenvalue weighted by Gasteiger charge is -2.32. The number of hydrogen-bond donors (Lipinski definition) is 0. The first kappa shape index (κ1) is 49.7. The molecule has 12 heteroatoms. The Morgan fingerprint density at radius 1 is 0.651 bits per heavy atom. The summed E-state index contributed by atoms with van der Waals surface area (Å²) in [5.41, 5.74) is 2.99. The third-order valence-electron chi connectivity index (χ3n) is 11.1. The van der Waals surface area contributed by atoms with Gasteiger partial charge in [-0.25, -0.2) is 14.0 Å². The van der Waals surface area contributed by atoms with Gasteiger partial charge < -0.3 is 23.7 Å². The Morgan fingerprint density at radius 2 is 1.21 bits per heavy atom. The first-order valence-corrected chi connectivity index (χ1v) is 21.6. The van der Waals surface area contributed by atoms with E-state index in [4.69, 9.17) is 23.7 Å². The minimum atomic E-state index is -1.47. The van der Waals surface area contributed by atoms with E-state index in [1.54, 1.807) is 37.3 Å². The van der Waals surface area contributed by atoms with Crippen molar-refractivity contribution < 1.29 is 56.8 Å². The van der Waals surface area contributed by atoms with Gasteiger partial charge in [-0.1, -0.05) is 82.2 Å². The van der Waals surface area contributed by atoms with Crippen molar-refractivity contribution in [3.05, 3.63) is 102 Å².